The van der Waals surface area contributed by atoms with E-state index in [1.807, 2.05) is 25.1 Å². The first kappa shape index (κ1) is 15.0. The Bertz CT molecular complexity index is 354. The third kappa shape index (κ3) is 3.47. The molecule has 2 atom stereocenters. The van der Waals surface area contributed by atoms with Crippen LogP contribution >= 0.6 is 0 Å². The van der Waals surface area contributed by atoms with E-state index in [0.29, 0.717) is 19.2 Å². The smallest absolute Gasteiger partial charge is 0.124 e. The van der Waals surface area contributed by atoms with E-state index in [4.69, 9.17) is 10.5 Å². The van der Waals surface area contributed by atoms with Gasteiger partial charge >= 0.3 is 0 Å². The summed E-state index contributed by atoms with van der Waals surface area (Å²) < 4.78 is 5.70. The molecule has 2 unspecified atom stereocenters. The highest BCUT2D eigenvalue weighted by molar-refractivity contribution is 5.36. The van der Waals surface area contributed by atoms with Gasteiger partial charge < -0.3 is 10.5 Å². The number of nitrogens with two attached hydrogens (primary N) is 1. The molecule has 0 fully saturated rings. The summed E-state index contributed by atoms with van der Waals surface area (Å²) in [7, 11) is 2.13. The van der Waals surface area contributed by atoms with Crippen LogP contribution in [-0.2, 0) is 0 Å². The van der Waals surface area contributed by atoms with E-state index in [2.05, 4.69) is 31.9 Å². The fourth-order valence-electron chi connectivity index (χ4n) is 2.15. The SMILES string of the molecule is CCOc1ccccc1C(CN)N(C)C(C)CC. The van der Waals surface area contributed by atoms with Gasteiger partial charge in [0.1, 0.15) is 5.75 Å². The topological polar surface area (TPSA) is 38.5 Å². The summed E-state index contributed by atoms with van der Waals surface area (Å²) in [4.78, 5) is 2.33. The van der Waals surface area contributed by atoms with Crippen molar-refractivity contribution in [1.82, 2.24) is 4.90 Å². The molecule has 1 aromatic carbocycles. The molecule has 3 heteroatoms. The first-order chi connectivity index (χ1) is 8.65. The Morgan fingerprint density at radius 2 is 1.94 bits per heavy atom. The molecule has 0 saturated heterocycles. The van der Waals surface area contributed by atoms with Gasteiger partial charge in [-0.1, -0.05) is 25.1 Å². The first-order valence-electron chi connectivity index (χ1n) is 6.79. The summed E-state index contributed by atoms with van der Waals surface area (Å²) in [5.41, 5.74) is 7.15. The lowest BCUT2D eigenvalue weighted by Crippen LogP contribution is -2.36. The van der Waals surface area contributed by atoms with Crippen molar-refractivity contribution in [2.75, 3.05) is 20.2 Å². The molecular weight excluding hydrogens is 224 g/mol. The van der Waals surface area contributed by atoms with Crippen LogP contribution < -0.4 is 10.5 Å². The molecule has 0 aliphatic carbocycles. The van der Waals surface area contributed by atoms with Crippen molar-refractivity contribution in [2.24, 2.45) is 5.73 Å². The average Bonchev–Trinajstić information content (AvgIpc) is 2.40. The Morgan fingerprint density at radius 3 is 2.50 bits per heavy atom. The quantitative estimate of drug-likeness (QED) is 0.808. The van der Waals surface area contributed by atoms with Gasteiger partial charge in [0, 0.05) is 18.2 Å². The lowest BCUT2D eigenvalue weighted by Gasteiger charge is -2.33. The monoisotopic (exact) mass is 250 g/mol. The van der Waals surface area contributed by atoms with Gasteiger partial charge in [-0.3, -0.25) is 4.90 Å². The Labute approximate surface area is 111 Å². The highest BCUT2D eigenvalue weighted by Crippen LogP contribution is 2.29. The standard InChI is InChI=1S/C15H26N2O/c1-5-12(3)17(4)14(11-16)13-9-7-8-10-15(13)18-6-2/h7-10,12,14H,5-6,11,16H2,1-4H3. The third-order valence-corrected chi connectivity index (χ3v) is 3.58. The number of hydrogen-bond donors (Lipinski definition) is 1. The molecule has 0 aliphatic heterocycles. The van der Waals surface area contributed by atoms with Crippen molar-refractivity contribution in [3.63, 3.8) is 0 Å². The van der Waals surface area contributed by atoms with Crippen LogP contribution in [0.1, 0.15) is 38.8 Å². The second kappa shape index (κ2) is 7.39. The first-order valence-corrected chi connectivity index (χ1v) is 6.79. The van der Waals surface area contributed by atoms with Gasteiger partial charge in [0.15, 0.2) is 0 Å². The van der Waals surface area contributed by atoms with Crippen molar-refractivity contribution >= 4 is 0 Å². The number of ether oxygens (including phenoxy) is 1. The zero-order valence-corrected chi connectivity index (χ0v) is 12.0. The molecule has 1 rings (SSSR count). The molecule has 0 amide bonds. The zero-order chi connectivity index (χ0) is 13.5. The van der Waals surface area contributed by atoms with E-state index in [0.717, 1.165) is 12.2 Å². The molecule has 0 aromatic heterocycles. The molecule has 2 N–H and O–H groups in total. The summed E-state index contributed by atoms with van der Waals surface area (Å²) in [5, 5.41) is 0. The van der Waals surface area contributed by atoms with E-state index in [1.54, 1.807) is 0 Å². The van der Waals surface area contributed by atoms with Crippen LogP contribution in [0.2, 0.25) is 0 Å². The molecule has 0 radical (unpaired) electrons. The maximum Gasteiger partial charge on any atom is 0.124 e. The highest BCUT2D eigenvalue weighted by atomic mass is 16.5. The predicted molar refractivity (Wildman–Crippen MR) is 76.9 cm³/mol. The van der Waals surface area contributed by atoms with Gasteiger partial charge in [-0.2, -0.15) is 0 Å². The molecule has 0 aliphatic rings. The lowest BCUT2D eigenvalue weighted by molar-refractivity contribution is 0.180. The highest BCUT2D eigenvalue weighted by Gasteiger charge is 2.22. The lowest BCUT2D eigenvalue weighted by atomic mass is 10.0. The molecule has 0 heterocycles. The Morgan fingerprint density at radius 1 is 1.28 bits per heavy atom. The average molecular weight is 250 g/mol. The minimum atomic E-state index is 0.211. The maximum absolute atomic E-state index is 5.97. The van der Waals surface area contributed by atoms with Crippen molar-refractivity contribution in [1.29, 1.82) is 0 Å². The van der Waals surface area contributed by atoms with Crippen LogP contribution in [0.4, 0.5) is 0 Å². The number of benzene rings is 1. The van der Waals surface area contributed by atoms with Crippen molar-refractivity contribution < 1.29 is 4.74 Å². The molecule has 3 nitrogen and oxygen atoms in total. The molecule has 0 spiro atoms. The number of hydrogen-bond acceptors (Lipinski definition) is 3. The number of nitrogens with zero attached hydrogens (tertiary/aromatic N) is 1. The summed E-state index contributed by atoms with van der Waals surface area (Å²) >= 11 is 0. The Hall–Kier alpha value is -1.06. The van der Waals surface area contributed by atoms with Gasteiger partial charge in [0.2, 0.25) is 0 Å². The van der Waals surface area contributed by atoms with E-state index >= 15 is 0 Å². The number of para-hydroxylation sites is 1. The molecule has 1 aromatic rings. The second-order valence-corrected chi connectivity index (χ2v) is 4.65. The molecule has 0 bridgehead atoms. The fourth-order valence-corrected chi connectivity index (χ4v) is 2.15. The predicted octanol–water partition coefficient (Wildman–Crippen LogP) is 2.82. The summed E-state index contributed by atoms with van der Waals surface area (Å²) in [6, 6.07) is 8.90. The Kier molecular flexibility index (Phi) is 6.16. The van der Waals surface area contributed by atoms with E-state index in [1.165, 1.54) is 5.56 Å². The van der Waals surface area contributed by atoms with Crippen molar-refractivity contribution in [3.05, 3.63) is 29.8 Å². The van der Waals surface area contributed by atoms with Crippen LogP contribution in [0.5, 0.6) is 5.75 Å². The number of rotatable bonds is 7. The second-order valence-electron chi connectivity index (χ2n) is 4.65. The van der Waals surface area contributed by atoms with Crippen LogP contribution in [0, 0.1) is 0 Å². The zero-order valence-electron chi connectivity index (χ0n) is 12.0. The van der Waals surface area contributed by atoms with Gasteiger partial charge in [0.05, 0.1) is 12.6 Å². The molecule has 102 valence electrons. The van der Waals surface area contributed by atoms with Crippen LogP contribution in [0.3, 0.4) is 0 Å². The van der Waals surface area contributed by atoms with Gasteiger partial charge in [-0.15, -0.1) is 0 Å². The van der Waals surface area contributed by atoms with E-state index in [9.17, 15) is 0 Å². The normalized spacial score (nSPS) is 14.6. The van der Waals surface area contributed by atoms with Crippen molar-refractivity contribution in [3.8, 4) is 5.75 Å². The summed E-state index contributed by atoms with van der Waals surface area (Å²) in [5.74, 6) is 0.950. The van der Waals surface area contributed by atoms with E-state index in [-0.39, 0.29) is 6.04 Å². The number of likely N-dealkylation sites (N-methyl/N-ethyl adjacent to an activating group) is 1. The minimum absolute atomic E-state index is 0.211. The third-order valence-electron chi connectivity index (χ3n) is 3.58. The summed E-state index contributed by atoms with van der Waals surface area (Å²) in [6.07, 6.45) is 1.11. The van der Waals surface area contributed by atoms with Gasteiger partial charge in [-0.25, -0.2) is 0 Å². The van der Waals surface area contributed by atoms with Crippen LogP contribution in [-0.4, -0.2) is 31.1 Å². The van der Waals surface area contributed by atoms with Crippen LogP contribution in [0.25, 0.3) is 0 Å². The van der Waals surface area contributed by atoms with Crippen LogP contribution in [0.15, 0.2) is 24.3 Å². The fraction of sp³-hybridized carbons (Fsp3) is 0.600. The van der Waals surface area contributed by atoms with Gasteiger partial charge in [-0.05, 0) is 33.4 Å². The summed E-state index contributed by atoms with van der Waals surface area (Å²) in [6.45, 7) is 7.72. The Balaban J connectivity index is 3.00. The molecule has 0 saturated carbocycles. The van der Waals surface area contributed by atoms with Crippen molar-refractivity contribution in [2.45, 2.75) is 39.3 Å². The maximum atomic E-state index is 5.97. The van der Waals surface area contributed by atoms with Gasteiger partial charge in [0.25, 0.3) is 0 Å². The largest absolute Gasteiger partial charge is 0.494 e. The molecular formula is C15H26N2O. The minimum Gasteiger partial charge on any atom is -0.494 e. The molecule has 18 heavy (non-hydrogen) atoms. The van der Waals surface area contributed by atoms with E-state index < -0.39 is 0 Å².